The fourth-order valence-corrected chi connectivity index (χ4v) is 6.90. The summed E-state index contributed by atoms with van der Waals surface area (Å²) in [7, 11) is 0. The molecule has 5 rings (SSSR count). The van der Waals surface area contributed by atoms with Crippen molar-refractivity contribution in [3.63, 3.8) is 0 Å². The second-order valence-electron chi connectivity index (χ2n) is 11.4. The number of carboxylic acids is 1. The van der Waals surface area contributed by atoms with E-state index in [0.717, 1.165) is 31.4 Å². The molecule has 2 aromatic rings. The summed E-state index contributed by atoms with van der Waals surface area (Å²) in [6.07, 6.45) is -4.92. The average molecular weight is 558 g/mol. The number of hydrogen-bond acceptors (Lipinski definition) is 3. The highest BCUT2D eigenvalue weighted by Gasteiger charge is 2.43. The Morgan fingerprint density at radius 2 is 1.59 bits per heavy atom. The fourth-order valence-electron chi connectivity index (χ4n) is 6.90. The number of carbonyl (C=O) groups is 1. The van der Waals surface area contributed by atoms with Gasteiger partial charge in [0.15, 0.2) is 0 Å². The Hall–Kier alpha value is -2.49. The van der Waals surface area contributed by atoms with Crippen LogP contribution in [0.5, 0.6) is 5.75 Å². The minimum Gasteiger partial charge on any atom is -0.490 e. The first-order valence-electron chi connectivity index (χ1n) is 13.7. The van der Waals surface area contributed by atoms with Gasteiger partial charge >= 0.3 is 18.3 Å². The molecular formula is C29H33F6NO3. The highest BCUT2D eigenvalue weighted by Crippen LogP contribution is 2.44. The highest BCUT2D eigenvalue weighted by atomic mass is 19.4. The van der Waals surface area contributed by atoms with Gasteiger partial charge in [-0.15, -0.1) is 0 Å². The van der Waals surface area contributed by atoms with E-state index in [1.54, 1.807) is 18.2 Å². The van der Waals surface area contributed by atoms with Gasteiger partial charge in [0.25, 0.3) is 0 Å². The number of benzene rings is 2. The normalized spacial score (nSPS) is 28.4. The fraction of sp³-hybridized carbons (Fsp3) is 0.621. The van der Waals surface area contributed by atoms with Crippen LogP contribution in [-0.4, -0.2) is 46.9 Å². The summed E-state index contributed by atoms with van der Waals surface area (Å²) in [6.45, 7) is 0.723. The van der Waals surface area contributed by atoms with Crippen molar-refractivity contribution in [2.24, 2.45) is 11.8 Å². The number of halogens is 6. The van der Waals surface area contributed by atoms with Gasteiger partial charge in [0.1, 0.15) is 11.3 Å². The first-order valence-corrected chi connectivity index (χ1v) is 13.7. The maximum atomic E-state index is 14.2. The van der Waals surface area contributed by atoms with E-state index in [1.165, 1.54) is 12.1 Å². The van der Waals surface area contributed by atoms with Gasteiger partial charge < -0.3 is 9.84 Å². The lowest BCUT2D eigenvalue weighted by Crippen LogP contribution is -2.53. The lowest BCUT2D eigenvalue weighted by atomic mass is 9.78. The van der Waals surface area contributed by atoms with Crippen molar-refractivity contribution in [1.29, 1.82) is 0 Å². The Labute approximate surface area is 223 Å². The number of aliphatic carboxylic acids is 1. The summed E-state index contributed by atoms with van der Waals surface area (Å²) in [5, 5.41) is 9.91. The summed E-state index contributed by atoms with van der Waals surface area (Å²) in [4.78, 5) is 13.9. The second-order valence-corrected chi connectivity index (χ2v) is 11.4. The van der Waals surface area contributed by atoms with Crippen LogP contribution >= 0.6 is 0 Å². The molecule has 3 atom stereocenters. The number of hydrogen-bond donors (Lipinski definition) is 1. The molecule has 0 amide bonds. The van der Waals surface area contributed by atoms with Gasteiger partial charge in [0.05, 0.1) is 17.9 Å². The molecule has 3 fully saturated rings. The Balaban J connectivity index is 1.30. The van der Waals surface area contributed by atoms with Gasteiger partial charge in [-0.1, -0.05) is 30.7 Å². The molecule has 0 spiro atoms. The van der Waals surface area contributed by atoms with Gasteiger partial charge in [-0.25, -0.2) is 0 Å². The van der Waals surface area contributed by atoms with Gasteiger partial charge in [-0.3, -0.25) is 9.69 Å². The summed E-state index contributed by atoms with van der Waals surface area (Å²) in [5.41, 5.74) is 0.00275. The van der Waals surface area contributed by atoms with Crippen LogP contribution in [0.15, 0.2) is 30.3 Å². The number of rotatable bonds is 6. The molecule has 1 N–H and O–H groups in total. The largest absolute Gasteiger partial charge is 0.490 e. The molecule has 214 valence electrons. The van der Waals surface area contributed by atoms with Crippen LogP contribution < -0.4 is 4.74 Å². The molecule has 39 heavy (non-hydrogen) atoms. The monoisotopic (exact) mass is 557 g/mol. The van der Waals surface area contributed by atoms with E-state index >= 15 is 0 Å². The van der Waals surface area contributed by atoms with Gasteiger partial charge in [-0.05, 0) is 80.2 Å². The van der Waals surface area contributed by atoms with E-state index < -0.39 is 35.9 Å². The summed E-state index contributed by atoms with van der Waals surface area (Å²) < 4.78 is 87.1. The second kappa shape index (κ2) is 10.8. The quantitative estimate of drug-likeness (QED) is 0.371. The molecule has 0 aromatic heterocycles. The van der Waals surface area contributed by atoms with Crippen LogP contribution in [0, 0.1) is 11.8 Å². The summed E-state index contributed by atoms with van der Waals surface area (Å²) in [5.74, 6) is -2.82. The minimum absolute atomic E-state index is 0.00636. The molecule has 10 heteroatoms. The maximum Gasteiger partial charge on any atom is 0.420 e. The van der Waals surface area contributed by atoms with Crippen molar-refractivity contribution >= 4 is 16.7 Å². The molecular weight excluding hydrogens is 524 g/mol. The van der Waals surface area contributed by atoms with E-state index in [9.17, 15) is 36.2 Å². The molecule has 1 aliphatic carbocycles. The Bertz CT molecular complexity index is 1170. The van der Waals surface area contributed by atoms with Crippen molar-refractivity contribution < 1.29 is 41.0 Å². The predicted octanol–water partition coefficient (Wildman–Crippen LogP) is 7.62. The van der Waals surface area contributed by atoms with Crippen LogP contribution in [0.1, 0.15) is 68.9 Å². The van der Waals surface area contributed by atoms with Crippen LogP contribution in [-0.2, 0) is 17.4 Å². The third kappa shape index (κ3) is 6.15. The minimum atomic E-state index is -4.69. The van der Waals surface area contributed by atoms with E-state index in [4.69, 9.17) is 4.74 Å². The molecule has 3 aliphatic rings. The molecule has 2 saturated heterocycles. The Kier molecular flexibility index (Phi) is 7.79. The van der Waals surface area contributed by atoms with Crippen LogP contribution in [0.3, 0.4) is 0 Å². The molecule has 2 aliphatic heterocycles. The molecule has 1 saturated carbocycles. The average Bonchev–Trinajstić information content (AvgIpc) is 2.85. The van der Waals surface area contributed by atoms with E-state index in [-0.39, 0.29) is 54.8 Å². The van der Waals surface area contributed by atoms with Gasteiger partial charge in [0, 0.05) is 18.6 Å². The molecule has 2 heterocycles. The summed E-state index contributed by atoms with van der Waals surface area (Å²) in [6, 6.07) is 8.21. The highest BCUT2D eigenvalue weighted by molar-refractivity contribution is 5.89. The zero-order valence-electron chi connectivity index (χ0n) is 21.5. The lowest BCUT2D eigenvalue weighted by Gasteiger charge is -2.48. The number of ether oxygens (including phenoxy) is 1. The zero-order valence-corrected chi connectivity index (χ0v) is 21.5. The SMILES string of the molecule is O=C(O)C1CC2CCC[C@@H](C1)N2CCc1ccc2c(C(F)(F)F)c(O[C@H]3CC[C@@H](C(F)(F)F)CC3)ccc2c1. The van der Waals surface area contributed by atoms with Gasteiger partial charge in [0.2, 0.25) is 0 Å². The van der Waals surface area contributed by atoms with Crippen LogP contribution in [0.2, 0.25) is 0 Å². The lowest BCUT2D eigenvalue weighted by molar-refractivity contribution is -0.185. The number of alkyl halides is 6. The Morgan fingerprint density at radius 3 is 2.18 bits per heavy atom. The molecule has 2 aromatic carbocycles. The number of carboxylic acid groups (broad SMARTS) is 1. The first kappa shape index (κ1) is 28.1. The topological polar surface area (TPSA) is 49.8 Å². The molecule has 0 radical (unpaired) electrons. The van der Waals surface area contributed by atoms with Crippen molar-refractivity contribution in [1.82, 2.24) is 4.90 Å². The van der Waals surface area contributed by atoms with Crippen molar-refractivity contribution in [3.8, 4) is 5.75 Å². The zero-order chi connectivity index (χ0) is 27.9. The van der Waals surface area contributed by atoms with Crippen molar-refractivity contribution in [2.45, 2.75) is 94.7 Å². The van der Waals surface area contributed by atoms with Crippen molar-refractivity contribution in [3.05, 3.63) is 41.5 Å². The van der Waals surface area contributed by atoms with E-state index in [1.807, 2.05) is 0 Å². The number of nitrogens with zero attached hydrogens (tertiary/aromatic N) is 1. The third-order valence-electron chi connectivity index (χ3n) is 8.89. The van der Waals surface area contributed by atoms with Crippen LogP contribution in [0.4, 0.5) is 26.3 Å². The van der Waals surface area contributed by atoms with Crippen LogP contribution in [0.25, 0.3) is 10.8 Å². The molecule has 2 unspecified atom stereocenters. The predicted molar refractivity (Wildman–Crippen MR) is 134 cm³/mol. The third-order valence-corrected chi connectivity index (χ3v) is 8.89. The van der Waals surface area contributed by atoms with E-state index in [2.05, 4.69) is 4.90 Å². The molecule has 4 nitrogen and oxygen atoms in total. The van der Waals surface area contributed by atoms with E-state index in [0.29, 0.717) is 24.6 Å². The number of piperidine rings is 2. The first-order chi connectivity index (χ1) is 18.4. The Morgan fingerprint density at radius 1 is 0.923 bits per heavy atom. The standard InChI is InChI=1S/C29H33F6NO3/c30-28(31,32)20-6-8-23(9-7-20)39-25-11-5-18-14-17(4-10-24(18)26(25)29(33,34)35)12-13-36-21-2-1-3-22(36)16-19(15-21)27(37)38/h4-5,10-11,14,19-23H,1-3,6-9,12-13,15-16H2,(H,37,38)/t19?,20-,21-,22?,23+/m0/s1. The molecule has 2 bridgehead atoms. The smallest absolute Gasteiger partial charge is 0.420 e. The summed E-state index contributed by atoms with van der Waals surface area (Å²) >= 11 is 0. The number of fused-ring (bicyclic) bond motifs is 3. The van der Waals surface area contributed by atoms with Crippen molar-refractivity contribution in [2.75, 3.05) is 6.54 Å². The van der Waals surface area contributed by atoms with Gasteiger partial charge in [-0.2, -0.15) is 26.3 Å². The maximum absolute atomic E-state index is 14.2.